The molecule has 0 amide bonds. The molecule has 1 aromatic carbocycles. The van der Waals surface area contributed by atoms with Crippen molar-refractivity contribution < 1.29 is 8.78 Å². The molecule has 94 valence electrons. The highest BCUT2D eigenvalue weighted by Gasteiger charge is 2.42. The Kier molecular flexibility index (Phi) is 3.11. The van der Waals surface area contributed by atoms with E-state index in [0.717, 1.165) is 24.5 Å². The average Bonchev–Trinajstić information content (AvgIpc) is 2.59. The topological polar surface area (TPSA) is 12.0 Å². The average molecular weight is 239 g/mol. The van der Waals surface area contributed by atoms with Gasteiger partial charge in [-0.25, -0.2) is 8.78 Å². The molecule has 0 saturated carbocycles. The van der Waals surface area contributed by atoms with Crippen molar-refractivity contribution in [2.24, 2.45) is 5.92 Å². The smallest absolute Gasteiger partial charge is 0.149 e. The number of benzene rings is 1. The molecule has 1 unspecified atom stereocenters. The molecule has 0 radical (unpaired) electrons. The number of halogens is 2. The second-order valence-electron chi connectivity index (χ2n) is 5.22. The molecule has 1 aromatic rings. The lowest BCUT2D eigenvalue weighted by molar-refractivity contribution is 0.309. The number of anilines is 1. The zero-order chi connectivity index (χ0) is 12.6. The summed E-state index contributed by atoms with van der Waals surface area (Å²) in [5.74, 6) is -0.595. The fraction of sp³-hybridized carbons (Fsp3) is 0.571. The Balaban J connectivity index is 2.56. The fourth-order valence-electron chi connectivity index (χ4n) is 2.96. The van der Waals surface area contributed by atoms with Crippen molar-refractivity contribution in [3.63, 3.8) is 0 Å². The first-order chi connectivity index (χ1) is 8.01. The molecule has 1 nitrogen and oxygen atoms in total. The van der Waals surface area contributed by atoms with Crippen LogP contribution in [0.5, 0.6) is 0 Å². The molecular formula is C14H19F2N. The summed E-state index contributed by atoms with van der Waals surface area (Å²) < 4.78 is 27.1. The quantitative estimate of drug-likeness (QED) is 0.838. The van der Waals surface area contributed by atoms with Gasteiger partial charge in [0.2, 0.25) is 0 Å². The van der Waals surface area contributed by atoms with E-state index in [9.17, 15) is 8.78 Å². The van der Waals surface area contributed by atoms with Crippen LogP contribution in [0.3, 0.4) is 0 Å². The maximum atomic E-state index is 13.7. The van der Waals surface area contributed by atoms with E-state index in [4.69, 9.17) is 0 Å². The zero-order valence-corrected chi connectivity index (χ0v) is 10.6. The first-order valence-electron chi connectivity index (χ1n) is 6.24. The summed E-state index contributed by atoms with van der Waals surface area (Å²) in [7, 11) is 0. The molecule has 2 rings (SSSR count). The standard InChI is InChI=1S/C14H19F2N/c1-4-5-14(9(2)3)8-17-13-11(14)6-10(15)7-12(13)16/h6-7,9,17H,4-5,8H2,1-3H3. The van der Waals surface area contributed by atoms with Crippen LogP contribution in [-0.4, -0.2) is 6.54 Å². The van der Waals surface area contributed by atoms with Gasteiger partial charge in [-0.15, -0.1) is 0 Å². The van der Waals surface area contributed by atoms with Gasteiger partial charge in [0.05, 0.1) is 5.69 Å². The molecule has 0 spiro atoms. The van der Waals surface area contributed by atoms with Crippen LogP contribution in [0.1, 0.15) is 39.2 Å². The van der Waals surface area contributed by atoms with E-state index in [1.807, 2.05) is 0 Å². The van der Waals surface area contributed by atoms with Crippen LogP contribution in [-0.2, 0) is 5.41 Å². The minimum Gasteiger partial charge on any atom is -0.382 e. The maximum absolute atomic E-state index is 13.7. The molecule has 0 fully saturated rings. The molecule has 0 bridgehead atoms. The van der Waals surface area contributed by atoms with Crippen molar-refractivity contribution in [3.05, 3.63) is 29.3 Å². The Morgan fingerprint density at radius 2 is 2.06 bits per heavy atom. The highest BCUT2D eigenvalue weighted by Crippen LogP contribution is 2.46. The lowest BCUT2D eigenvalue weighted by atomic mass is 9.70. The Morgan fingerprint density at radius 3 is 2.65 bits per heavy atom. The lowest BCUT2D eigenvalue weighted by Gasteiger charge is -2.33. The van der Waals surface area contributed by atoms with Crippen molar-refractivity contribution in [2.75, 3.05) is 11.9 Å². The summed E-state index contributed by atoms with van der Waals surface area (Å²) in [6.07, 6.45) is 1.96. The third-order valence-electron chi connectivity index (χ3n) is 3.97. The lowest BCUT2D eigenvalue weighted by Crippen LogP contribution is -2.34. The molecule has 0 aromatic heterocycles. The number of hydrogen-bond acceptors (Lipinski definition) is 1. The van der Waals surface area contributed by atoms with Crippen LogP contribution in [0.2, 0.25) is 0 Å². The number of nitrogens with one attached hydrogen (secondary N) is 1. The molecule has 1 aliphatic rings. The van der Waals surface area contributed by atoms with Crippen molar-refractivity contribution in [2.45, 2.75) is 39.0 Å². The van der Waals surface area contributed by atoms with Gasteiger partial charge in [0.15, 0.2) is 0 Å². The molecule has 1 aliphatic heterocycles. The van der Waals surface area contributed by atoms with Crippen molar-refractivity contribution >= 4 is 5.69 Å². The van der Waals surface area contributed by atoms with Gasteiger partial charge in [-0.3, -0.25) is 0 Å². The van der Waals surface area contributed by atoms with E-state index in [1.54, 1.807) is 0 Å². The summed E-state index contributed by atoms with van der Waals surface area (Å²) in [6, 6.07) is 2.45. The van der Waals surface area contributed by atoms with E-state index in [-0.39, 0.29) is 5.41 Å². The summed E-state index contributed by atoms with van der Waals surface area (Å²) in [6.45, 7) is 7.05. The molecule has 1 heterocycles. The second kappa shape index (κ2) is 4.28. The molecule has 17 heavy (non-hydrogen) atoms. The largest absolute Gasteiger partial charge is 0.382 e. The highest BCUT2D eigenvalue weighted by atomic mass is 19.1. The summed E-state index contributed by atoms with van der Waals surface area (Å²) in [5, 5.41) is 3.11. The summed E-state index contributed by atoms with van der Waals surface area (Å²) in [5.41, 5.74) is 1.17. The van der Waals surface area contributed by atoms with Crippen LogP contribution in [0.25, 0.3) is 0 Å². The van der Waals surface area contributed by atoms with Gasteiger partial charge < -0.3 is 5.32 Å². The first-order valence-corrected chi connectivity index (χ1v) is 6.24. The SMILES string of the molecule is CCCC1(C(C)C)CNc2c(F)cc(F)cc21. The van der Waals surface area contributed by atoms with Crippen molar-refractivity contribution in [1.29, 1.82) is 0 Å². The van der Waals surface area contributed by atoms with Crippen LogP contribution < -0.4 is 5.32 Å². The Hall–Kier alpha value is -1.12. The number of rotatable bonds is 3. The number of hydrogen-bond donors (Lipinski definition) is 1. The Morgan fingerprint density at radius 1 is 1.35 bits per heavy atom. The van der Waals surface area contributed by atoms with Crippen LogP contribution in [0, 0.1) is 17.6 Å². The molecular weight excluding hydrogens is 220 g/mol. The minimum atomic E-state index is -0.480. The molecule has 3 heteroatoms. The van der Waals surface area contributed by atoms with Crippen LogP contribution >= 0.6 is 0 Å². The number of fused-ring (bicyclic) bond motifs is 1. The van der Waals surface area contributed by atoms with E-state index in [2.05, 4.69) is 26.1 Å². The van der Waals surface area contributed by atoms with Gasteiger partial charge in [0, 0.05) is 18.0 Å². The van der Waals surface area contributed by atoms with Gasteiger partial charge >= 0.3 is 0 Å². The summed E-state index contributed by atoms with van der Waals surface area (Å²) in [4.78, 5) is 0. The van der Waals surface area contributed by atoms with Crippen LogP contribution in [0.4, 0.5) is 14.5 Å². The minimum absolute atomic E-state index is 0.132. The molecule has 1 N–H and O–H groups in total. The van der Waals surface area contributed by atoms with Gasteiger partial charge in [-0.1, -0.05) is 27.2 Å². The highest BCUT2D eigenvalue weighted by molar-refractivity contribution is 5.61. The molecule has 1 atom stereocenters. The van der Waals surface area contributed by atoms with Crippen molar-refractivity contribution in [1.82, 2.24) is 0 Å². The maximum Gasteiger partial charge on any atom is 0.149 e. The van der Waals surface area contributed by atoms with Gasteiger partial charge in [0.25, 0.3) is 0 Å². The molecule has 0 saturated heterocycles. The van der Waals surface area contributed by atoms with Gasteiger partial charge in [-0.2, -0.15) is 0 Å². The first kappa shape index (κ1) is 12.3. The third kappa shape index (κ3) is 1.81. The fourth-order valence-corrected chi connectivity index (χ4v) is 2.96. The third-order valence-corrected chi connectivity index (χ3v) is 3.97. The Bertz CT molecular complexity index is 428. The predicted molar refractivity (Wildman–Crippen MR) is 66.3 cm³/mol. The van der Waals surface area contributed by atoms with Crippen LogP contribution in [0.15, 0.2) is 12.1 Å². The zero-order valence-electron chi connectivity index (χ0n) is 10.6. The van der Waals surface area contributed by atoms with E-state index in [1.165, 1.54) is 6.07 Å². The van der Waals surface area contributed by atoms with E-state index < -0.39 is 11.6 Å². The van der Waals surface area contributed by atoms with Gasteiger partial charge in [0.1, 0.15) is 11.6 Å². The summed E-state index contributed by atoms with van der Waals surface area (Å²) >= 11 is 0. The predicted octanol–water partition coefficient (Wildman–Crippen LogP) is 4.08. The van der Waals surface area contributed by atoms with E-state index in [0.29, 0.717) is 18.2 Å². The second-order valence-corrected chi connectivity index (χ2v) is 5.22. The van der Waals surface area contributed by atoms with E-state index >= 15 is 0 Å². The van der Waals surface area contributed by atoms with Crippen molar-refractivity contribution in [3.8, 4) is 0 Å². The normalized spacial score (nSPS) is 22.7. The Labute approximate surface area is 101 Å². The van der Waals surface area contributed by atoms with Gasteiger partial charge in [-0.05, 0) is 24.0 Å². The molecule has 0 aliphatic carbocycles. The monoisotopic (exact) mass is 239 g/mol.